The number of halogens is 1. The van der Waals surface area contributed by atoms with Crippen molar-refractivity contribution in [1.29, 1.82) is 0 Å². The summed E-state index contributed by atoms with van der Waals surface area (Å²) in [7, 11) is 0. The predicted octanol–water partition coefficient (Wildman–Crippen LogP) is 3.51. The Morgan fingerprint density at radius 3 is 2.67 bits per heavy atom. The molecule has 1 aromatic carbocycles. The van der Waals surface area contributed by atoms with Crippen LogP contribution in [0.3, 0.4) is 0 Å². The maximum absolute atomic E-state index is 6.75. The van der Waals surface area contributed by atoms with E-state index in [0.717, 1.165) is 60.1 Å². The van der Waals surface area contributed by atoms with Crippen molar-refractivity contribution < 1.29 is 4.74 Å². The summed E-state index contributed by atoms with van der Waals surface area (Å²) in [6, 6.07) is 5.17. The van der Waals surface area contributed by atoms with Gasteiger partial charge in [-0.15, -0.1) is 0 Å². The van der Waals surface area contributed by atoms with Gasteiger partial charge < -0.3 is 9.64 Å². The van der Waals surface area contributed by atoms with Gasteiger partial charge in [-0.2, -0.15) is 10.2 Å². The zero-order valence-corrected chi connectivity index (χ0v) is 18.2. The number of benzene rings is 1. The quantitative estimate of drug-likeness (QED) is 0.639. The number of aromatic nitrogens is 4. The number of nitrogens with zero attached hydrogens (tertiary/aromatic N) is 6. The monoisotopic (exact) mass is 426 g/mol. The Bertz CT molecular complexity index is 1100. The van der Waals surface area contributed by atoms with Crippen molar-refractivity contribution in [2.75, 3.05) is 37.7 Å². The molecule has 4 heterocycles. The van der Waals surface area contributed by atoms with Crippen LogP contribution in [0.15, 0.2) is 30.7 Å². The molecule has 158 valence electrons. The molecule has 3 aromatic rings. The number of fused-ring (bicyclic) bond motifs is 1. The molecule has 1 aliphatic carbocycles. The topological polar surface area (TPSA) is 51.4 Å². The molecule has 1 unspecified atom stereocenters. The summed E-state index contributed by atoms with van der Waals surface area (Å²) in [6.45, 7) is 9.24. The molecule has 1 atom stereocenters. The zero-order valence-electron chi connectivity index (χ0n) is 17.5. The lowest BCUT2D eigenvalue weighted by Gasteiger charge is -2.52. The molecule has 2 aromatic heterocycles. The van der Waals surface area contributed by atoms with E-state index in [2.05, 4.69) is 50.8 Å². The lowest BCUT2D eigenvalue weighted by atomic mass is 9.95. The number of hydrogen-bond acceptors (Lipinski definition) is 5. The van der Waals surface area contributed by atoms with Crippen LogP contribution in [0.1, 0.15) is 32.7 Å². The first kappa shape index (κ1) is 18.7. The molecule has 6 rings (SSSR count). The third-order valence-electron chi connectivity index (χ3n) is 6.92. The van der Waals surface area contributed by atoms with Crippen LogP contribution < -0.4 is 4.90 Å². The molecule has 0 bridgehead atoms. The van der Waals surface area contributed by atoms with Crippen LogP contribution in [0.25, 0.3) is 16.6 Å². The van der Waals surface area contributed by atoms with E-state index in [0.29, 0.717) is 12.1 Å². The van der Waals surface area contributed by atoms with Gasteiger partial charge in [-0.25, -0.2) is 4.68 Å². The predicted molar refractivity (Wildman–Crippen MR) is 118 cm³/mol. The summed E-state index contributed by atoms with van der Waals surface area (Å²) in [5.74, 6) is 0. The van der Waals surface area contributed by atoms with Crippen LogP contribution in [0.4, 0.5) is 5.69 Å². The van der Waals surface area contributed by atoms with Crippen molar-refractivity contribution in [3.63, 3.8) is 0 Å². The number of hydrogen-bond donors (Lipinski definition) is 0. The van der Waals surface area contributed by atoms with Gasteiger partial charge in [-0.1, -0.05) is 11.6 Å². The second kappa shape index (κ2) is 6.70. The number of anilines is 1. The molecule has 0 spiro atoms. The molecule has 1 saturated carbocycles. The molecular formula is C22H27ClN6O. The largest absolute Gasteiger partial charge is 0.377 e. The normalized spacial score (nSPS) is 24.4. The van der Waals surface area contributed by atoms with Gasteiger partial charge in [-0.3, -0.25) is 9.58 Å². The van der Waals surface area contributed by atoms with Crippen molar-refractivity contribution in [3.8, 4) is 5.69 Å². The molecule has 0 radical (unpaired) electrons. The minimum atomic E-state index is 0.189. The lowest BCUT2D eigenvalue weighted by molar-refractivity contribution is -0.134. The van der Waals surface area contributed by atoms with Crippen LogP contribution >= 0.6 is 11.6 Å². The van der Waals surface area contributed by atoms with Gasteiger partial charge in [0.25, 0.3) is 0 Å². The zero-order chi connectivity index (χ0) is 20.5. The van der Waals surface area contributed by atoms with Crippen LogP contribution in [0, 0.1) is 0 Å². The van der Waals surface area contributed by atoms with Crippen LogP contribution in [0.5, 0.6) is 0 Å². The second-order valence-corrected chi connectivity index (χ2v) is 9.71. The molecular weight excluding hydrogens is 400 g/mol. The van der Waals surface area contributed by atoms with E-state index < -0.39 is 0 Å². The van der Waals surface area contributed by atoms with E-state index in [1.54, 1.807) is 0 Å². The Morgan fingerprint density at radius 2 is 1.97 bits per heavy atom. The van der Waals surface area contributed by atoms with Crippen molar-refractivity contribution in [1.82, 2.24) is 24.5 Å². The summed E-state index contributed by atoms with van der Waals surface area (Å²) in [6.07, 6.45) is 8.33. The highest BCUT2D eigenvalue weighted by molar-refractivity contribution is 6.34. The number of ether oxygens (including phenoxy) is 1. The third kappa shape index (κ3) is 2.94. The SMILES string of the molecule is CC1CN(C2(C)COC2)CCN1c1cc2c(cnn2-c2cnn(C3CC3)c2)cc1Cl. The Kier molecular flexibility index (Phi) is 4.17. The van der Waals surface area contributed by atoms with E-state index in [1.807, 2.05) is 23.1 Å². The Balaban J connectivity index is 1.32. The minimum absolute atomic E-state index is 0.189. The first-order chi connectivity index (χ1) is 14.5. The average Bonchev–Trinajstić information content (AvgIpc) is 3.30. The first-order valence-corrected chi connectivity index (χ1v) is 11.2. The highest BCUT2D eigenvalue weighted by Crippen LogP contribution is 2.37. The van der Waals surface area contributed by atoms with Crippen molar-refractivity contribution >= 4 is 28.2 Å². The molecule has 3 aliphatic rings. The average molecular weight is 427 g/mol. The van der Waals surface area contributed by atoms with Crippen molar-refractivity contribution in [2.45, 2.75) is 44.3 Å². The first-order valence-electron chi connectivity index (χ1n) is 10.8. The lowest BCUT2D eigenvalue weighted by Crippen LogP contribution is -2.66. The van der Waals surface area contributed by atoms with Gasteiger partial charge in [0.15, 0.2) is 0 Å². The van der Waals surface area contributed by atoms with Gasteiger partial charge in [-0.05, 0) is 38.8 Å². The summed E-state index contributed by atoms with van der Waals surface area (Å²) < 4.78 is 9.52. The van der Waals surface area contributed by atoms with E-state index in [9.17, 15) is 0 Å². The fourth-order valence-electron chi connectivity index (χ4n) is 4.82. The smallest absolute Gasteiger partial charge is 0.103 e. The minimum Gasteiger partial charge on any atom is -0.377 e. The van der Waals surface area contributed by atoms with Crippen LogP contribution in [-0.2, 0) is 4.74 Å². The van der Waals surface area contributed by atoms with E-state index in [-0.39, 0.29) is 5.54 Å². The summed E-state index contributed by atoms with van der Waals surface area (Å²) in [5.41, 5.74) is 3.34. The molecule has 30 heavy (non-hydrogen) atoms. The Hall–Kier alpha value is -2.09. The molecule has 3 fully saturated rings. The van der Waals surface area contributed by atoms with Crippen molar-refractivity contribution in [3.05, 3.63) is 35.7 Å². The molecule has 0 N–H and O–H groups in total. The van der Waals surface area contributed by atoms with Gasteiger partial charge in [0.1, 0.15) is 5.69 Å². The van der Waals surface area contributed by atoms with Crippen LogP contribution in [0.2, 0.25) is 5.02 Å². The molecule has 0 amide bonds. The van der Waals surface area contributed by atoms with E-state index >= 15 is 0 Å². The summed E-state index contributed by atoms with van der Waals surface area (Å²) >= 11 is 6.75. The molecule has 7 nitrogen and oxygen atoms in total. The maximum atomic E-state index is 6.75. The summed E-state index contributed by atoms with van der Waals surface area (Å²) in [5, 5.41) is 11.0. The second-order valence-electron chi connectivity index (χ2n) is 9.31. The number of rotatable bonds is 4. The molecule has 8 heteroatoms. The fourth-order valence-corrected chi connectivity index (χ4v) is 5.10. The fraction of sp³-hybridized carbons (Fsp3) is 0.545. The summed E-state index contributed by atoms with van der Waals surface area (Å²) in [4.78, 5) is 5.01. The van der Waals surface area contributed by atoms with Gasteiger partial charge >= 0.3 is 0 Å². The van der Waals surface area contributed by atoms with E-state index in [4.69, 9.17) is 16.3 Å². The van der Waals surface area contributed by atoms with Gasteiger partial charge in [0.2, 0.25) is 0 Å². The molecule has 2 saturated heterocycles. The molecule has 2 aliphatic heterocycles. The third-order valence-corrected chi connectivity index (χ3v) is 7.22. The standard InChI is InChI=1S/C22H27ClN6O/c1-15-11-26(22(2)13-30-14-22)5-6-27(15)21-8-20-16(7-19(21)23)9-25-29(20)18-10-24-28(12-18)17-3-4-17/h7-10,12,15,17H,3-6,11,13-14H2,1-2H3. The van der Waals surface area contributed by atoms with Crippen LogP contribution in [-0.4, -0.2) is 68.9 Å². The van der Waals surface area contributed by atoms with Crippen molar-refractivity contribution in [2.24, 2.45) is 0 Å². The Morgan fingerprint density at radius 1 is 1.13 bits per heavy atom. The van der Waals surface area contributed by atoms with Gasteiger partial charge in [0, 0.05) is 31.1 Å². The highest BCUT2D eigenvalue weighted by atomic mass is 35.5. The maximum Gasteiger partial charge on any atom is 0.103 e. The Labute approximate surface area is 181 Å². The number of piperazine rings is 1. The van der Waals surface area contributed by atoms with E-state index in [1.165, 1.54) is 12.8 Å². The van der Waals surface area contributed by atoms with Gasteiger partial charge in [0.05, 0.1) is 59.6 Å². The highest BCUT2D eigenvalue weighted by Gasteiger charge is 2.42.